The fourth-order valence-corrected chi connectivity index (χ4v) is 2.06. The molecule has 0 fully saturated rings. The summed E-state index contributed by atoms with van der Waals surface area (Å²) in [6, 6.07) is 3.09. The molecule has 0 aliphatic carbocycles. The van der Waals surface area contributed by atoms with E-state index >= 15 is 0 Å². The van der Waals surface area contributed by atoms with Gasteiger partial charge in [0.25, 0.3) is 5.56 Å². The lowest BCUT2D eigenvalue weighted by Gasteiger charge is -2.04. The van der Waals surface area contributed by atoms with Crippen molar-refractivity contribution < 1.29 is 0 Å². The first-order chi connectivity index (χ1) is 7.75. The summed E-state index contributed by atoms with van der Waals surface area (Å²) in [5.74, 6) is 0.775. The maximum absolute atomic E-state index is 11.4. The van der Waals surface area contributed by atoms with E-state index in [9.17, 15) is 4.79 Å². The fourth-order valence-electron chi connectivity index (χ4n) is 1.29. The van der Waals surface area contributed by atoms with Crippen molar-refractivity contribution >= 4 is 17.4 Å². The number of rotatable bonds is 4. The van der Waals surface area contributed by atoms with Crippen LogP contribution in [0.5, 0.6) is 0 Å². The van der Waals surface area contributed by atoms with Crippen molar-refractivity contribution in [2.75, 3.05) is 11.5 Å². The molecule has 6 heteroatoms. The lowest BCUT2D eigenvalue weighted by atomic mass is 10.4. The molecule has 0 saturated heterocycles. The summed E-state index contributed by atoms with van der Waals surface area (Å²) < 4.78 is 1.60. The van der Waals surface area contributed by atoms with Gasteiger partial charge in [0, 0.05) is 42.6 Å². The molecule has 0 radical (unpaired) electrons. The Bertz CT molecular complexity index is 506. The van der Waals surface area contributed by atoms with Crippen molar-refractivity contribution in [3.63, 3.8) is 0 Å². The highest BCUT2D eigenvalue weighted by molar-refractivity contribution is 7.99. The molecule has 0 aliphatic heterocycles. The van der Waals surface area contributed by atoms with Crippen molar-refractivity contribution in [1.82, 2.24) is 14.5 Å². The molecule has 2 rings (SSSR count). The second-order valence-electron chi connectivity index (χ2n) is 3.24. The average Bonchev–Trinajstić information content (AvgIpc) is 2.76. The van der Waals surface area contributed by atoms with Crippen LogP contribution in [0.25, 0.3) is 0 Å². The van der Waals surface area contributed by atoms with Crippen molar-refractivity contribution in [2.45, 2.75) is 11.7 Å². The van der Waals surface area contributed by atoms with E-state index in [1.54, 1.807) is 41.0 Å². The van der Waals surface area contributed by atoms with Crippen LogP contribution in [0.3, 0.4) is 0 Å². The van der Waals surface area contributed by atoms with Crippen LogP contribution in [-0.4, -0.2) is 20.3 Å². The van der Waals surface area contributed by atoms with Gasteiger partial charge in [-0.2, -0.15) is 0 Å². The Morgan fingerprint density at radius 3 is 3.12 bits per heavy atom. The second kappa shape index (κ2) is 4.89. The van der Waals surface area contributed by atoms with E-state index in [1.807, 2.05) is 0 Å². The lowest BCUT2D eigenvalue weighted by Crippen LogP contribution is -2.19. The molecule has 0 aliphatic rings. The maximum atomic E-state index is 11.4. The highest BCUT2D eigenvalue weighted by atomic mass is 32.2. The molecular formula is C10H12N4OS. The number of nitrogens with one attached hydrogen (secondary N) is 1. The molecule has 0 unspecified atom stereocenters. The Labute approximate surface area is 96.7 Å². The molecule has 0 saturated carbocycles. The highest BCUT2D eigenvalue weighted by Crippen LogP contribution is 2.11. The van der Waals surface area contributed by atoms with Crippen LogP contribution in [-0.2, 0) is 6.54 Å². The van der Waals surface area contributed by atoms with Crippen LogP contribution in [0.2, 0.25) is 0 Å². The van der Waals surface area contributed by atoms with E-state index in [-0.39, 0.29) is 5.56 Å². The maximum Gasteiger partial charge on any atom is 0.250 e. The number of hydrogen-bond acceptors (Lipinski definition) is 4. The summed E-state index contributed by atoms with van der Waals surface area (Å²) in [4.78, 5) is 18.5. The Kier molecular flexibility index (Phi) is 3.31. The minimum atomic E-state index is -0.0331. The molecule has 2 aromatic rings. The van der Waals surface area contributed by atoms with E-state index in [0.717, 1.165) is 10.9 Å². The molecule has 3 N–H and O–H groups in total. The number of nitrogen functional groups attached to an aromatic ring is 1. The van der Waals surface area contributed by atoms with Crippen molar-refractivity contribution in [3.8, 4) is 0 Å². The van der Waals surface area contributed by atoms with Crippen molar-refractivity contribution in [2.24, 2.45) is 0 Å². The summed E-state index contributed by atoms with van der Waals surface area (Å²) in [6.07, 6.45) is 5.13. The highest BCUT2D eigenvalue weighted by Gasteiger charge is 1.99. The Morgan fingerprint density at radius 1 is 1.50 bits per heavy atom. The van der Waals surface area contributed by atoms with Gasteiger partial charge < -0.3 is 15.3 Å². The normalized spacial score (nSPS) is 10.5. The number of aromatic amines is 1. The Hall–Kier alpha value is -1.69. The van der Waals surface area contributed by atoms with Crippen LogP contribution in [0.1, 0.15) is 0 Å². The summed E-state index contributed by atoms with van der Waals surface area (Å²) >= 11 is 1.57. The van der Waals surface area contributed by atoms with Gasteiger partial charge in [-0.05, 0) is 6.07 Å². The minimum Gasteiger partial charge on any atom is -0.398 e. The SMILES string of the molecule is Nc1ccc(=O)n(CCSc2ncc[nH]2)c1. The molecule has 2 heterocycles. The van der Waals surface area contributed by atoms with Gasteiger partial charge in [0.1, 0.15) is 0 Å². The van der Waals surface area contributed by atoms with E-state index < -0.39 is 0 Å². The molecule has 16 heavy (non-hydrogen) atoms. The van der Waals surface area contributed by atoms with Gasteiger partial charge >= 0.3 is 0 Å². The summed E-state index contributed by atoms with van der Waals surface area (Å²) in [7, 11) is 0. The van der Waals surface area contributed by atoms with Gasteiger partial charge in [0.2, 0.25) is 0 Å². The van der Waals surface area contributed by atoms with E-state index in [4.69, 9.17) is 5.73 Å². The van der Waals surface area contributed by atoms with Crippen LogP contribution >= 0.6 is 11.8 Å². The molecular weight excluding hydrogens is 224 g/mol. The number of aryl methyl sites for hydroxylation is 1. The number of H-pyrrole nitrogens is 1. The zero-order valence-corrected chi connectivity index (χ0v) is 9.41. The molecule has 5 nitrogen and oxygen atoms in total. The van der Waals surface area contributed by atoms with Crippen LogP contribution in [0.4, 0.5) is 5.69 Å². The van der Waals surface area contributed by atoms with Gasteiger partial charge in [-0.3, -0.25) is 4.79 Å². The number of imidazole rings is 1. The van der Waals surface area contributed by atoms with Crippen molar-refractivity contribution in [1.29, 1.82) is 0 Å². The zero-order valence-electron chi connectivity index (χ0n) is 8.59. The minimum absolute atomic E-state index is 0.0331. The van der Waals surface area contributed by atoms with Gasteiger partial charge in [-0.1, -0.05) is 11.8 Å². The number of nitrogens with two attached hydrogens (primary N) is 1. The second-order valence-corrected chi connectivity index (χ2v) is 4.32. The fraction of sp³-hybridized carbons (Fsp3) is 0.200. The largest absolute Gasteiger partial charge is 0.398 e. The predicted octanol–water partition coefficient (Wildman–Crippen LogP) is 0.946. The van der Waals surface area contributed by atoms with Gasteiger partial charge in [-0.25, -0.2) is 4.98 Å². The average molecular weight is 236 g/mol. The number of thioether (sulfide) groups is 1. The molecule has 0 spiro atoms. The van der Waals surface area contributed by atoms with Crippen LogP contribution in [0, 0.1) is 0 Å². The predicted molar refractivity (Wildman–Crippen MR) is 64.4 cm³/mol. The third kappa shape index (κ3) is 2.66. The van der Waals surface area contributed by atoms with Gasteiger partial charge in [0.05, 0.1) is 0 Å². The van der Waals surface area contributed by atoms with E-state index in [1.165, 1.54) is 6.07 Å². The third-order valence-corrected chi connectivity index (χ3v) is 2.93. The zero-order chi connectivity index (χ0) is 11.4. The third-order valence-electron chi connectivity index (χ3n) is 2.05. The molecule has 2 aromatic heterocycles. The standard InChI is InChI=1S/C10H12N4OS/c11-8-1-2-9(15)14(7-8)5-6-16-10-12-3-4-13-10/h1-4,7H,5-6,11H2,(H,12,13). The number of pyridine rings is 1. The Morgan fingerprint density at radius 2 is 2.38 bits per heavy atom. The number of hydrogen-bond donors (Lipinski definition) is 2. The first-order valence-electron chi connectivity index (χ1n) is 4.84. The smallest absolute Gasteiger partial charge is 0.250 e. The molecule has 0 aromatic carbocycles. The van der Waals surface area contributed by atoms with E-state index in [0.29, 0.717) is 12.2 Å². The number of nitrogens with zero attached hydrogens (tertiary/aromatic N) is 2. The number of aromatic nitrogens is 3. The monoisotopic (exact) mass is 236 g/mol. The van der Waals surface area contributed by atoms with E-state index in [2.05, 4.69) is 9.97 Å². The van der Waals surface area contributed by atoms with Gasteiger partial charge in [0.15, 0.2) is 5.16 Å². The molecule has 0 atom stereocenters. The summed E-state index contributed by atoms with van der Waals surface area (Å²) in [5.41, 5.74) is 6.18. The lowest BCUT2D eigenvalue weighted by molar-refractivity contribution is 0.736. The molecule has 84 valence electrons. The summed E-state index contributed by atoms with van der Waals surface area (Å²) in [5, 5.41) is 0.858. The molecule has 0 bridgehead atoms. The van der Waals surface area contributed by atoms with Crippen LogP contribution in [0.15, 0.2) is 40.7 Å². The first kappa shape index (κ1) is 10.8. The Balaban J connectivity index is 1.94. The van der Waals surface area contributed by atoms with Gasteiger partial charge in [-0.15, -0.1) is 0 Å². The quantitative estimate of drug-likeness (QED) is 0.775. The first-order valence-corrected chi connectivity index (χ1v) is 5.82. The number of anilines is 1. The van der Waals surface area contributed by atoms with Crippen LogP contribution < -0.4 is 11.3 Å². The van der Waals surface area contributed by atoms with Crippen molar-refractivity contribution in [3.05, 3.63) is 41.1 Å². The summed E-state index contributed by atoms with van der Waals surface area (Å²) in [6.45, 7) is 0.620. The molecule has 0 amide bonds. The topological polar surface area (TPSA) is 76.7 Å².